The molecule has 2 aromatic heterocycles. The summed E-state index contributed by atoms with van der Waals surface area (Å²) in [5, 5.41) is 8.55. The molecule has 0 aliphatic carbocycles. The van der Waals surface area contributed by atoms with Crippen molar-refractivity contribution in [2.75, 3.05) is 5.32 Å². The summed E-state index contributed by atoms with van der Waals surface area (Å²) in [5.41, 5.74) is 1.63. The topological polar surface area (TPSA) is 110 Å². The average Bonchev–Trinajstić information content (AvgIpc) is 3.12. The van der Waals surface area contributed by atoms with Crippen molar-refractivity contribution in [1.82, 2.24) is 19.7 Å². The van der Waals surface area contributed by atoms with E-state index in [9.17, 15) is 14.4 Å². The van der Waals surface area contributed by atoms with E-state index in [1.807, 2.05) is 18.2 Å². The predicted octanol–water partition coefficient (Wildman–Crippen LogP) is 2.06. The zero-order chi connectivity index (χ0) is 18.8. The number of anilines is 1. The Labute approximate surface area is 152 Å². The standard InChI is InChI=1S/C19H13N5O3/c25-17-10-9-15(22-23-17)18(26)21-13-6-2-1-5-12(13)19(27)24-11-20-14-7-3-4-8-16(14)24/h1-11H,(H,21,26)(H,23,25). The van der Waals surface area contributed by atoms with Gasteiger partial charge in [-0.05, 0) is 30.3 Å². The molecule has 4 aromatic rings. The van der Waals surface area contributed by atoms with Crippen LogP contribution in [0.1, 0.15) is 20.8 Å². The Morgan fingerprint density at radius 1 is 0.963 bits per heavy atom. The lowest BCUT2D eigenvalue weighted by atomic mass is 10.1. The number of nitrogens with one attached hydrogen (secondary N) is 2. The number of fused-ring (bicyclic) bond motifs is 1. The first-order chi connectivity index (χ1) is 13.1. The molecule has 2 aromatic carbocycles. The molecule has 0 saturated carbocycles. The molecule has 8 nitrogen and oxygen atoms in total. The van der Waals surface area contributed by atoms with Gasteiger partial charge in [-0.15, -0.1) is 0 Å². The second kappa shape index (κ2) is 6.68. The number of carbonyl (C=O) groups excluding carboxylic acids is 2. The van der Waals surface area contributed by atoms with Crippen LogP contribution in [0.5, 0.6) is 0 Å². The van der Waals surface area contributed by atoms with Crippen molar-refractivity contribution in [3.05, 3.63) is 88.6 Å². The first kappa shape index (κ1) is 16.4. The van der Waals surface area contributed by atoms with Gasteiger partial charge in [0.15, 0.2) is 0 Å². The first-order valence-electron chi connectivity index (χ1n) is 8.06. The molecule has 0 unspecified atom stereocenters. The smallest absolute Gasteiger partial charge is 0.276 e. The summed E-state index contributed by atoms with van der Waals surface area (Å²) < 4.78 is 1.43. The molecule has 0 aliphatic rings. The van der Waals surface area contributed by atoms with E-state index in [4.69, 9.17) is 0 Å². The predicted molar refractivity (Wildman–Crippen MR) is 98.7 cm³/mol. The highest BCUT2D eigenvalue weighted by atomic mass is 16.2. The number of rotatable bonds is 3. The molecule has 4 rings (SSSR count). The van der Waals surface area contributed by atoms with Crippen molar-refractivity contribution in [1.29, 1.82) is 0 Å². The van der Waals surface area contributed by atoms with E-state index in [2.05, 4.69) is 20.5 Å². The highest BCUT2D eigenvalue weighted by molar-refractivity contribution is 6.10. The molecular formula is C19H13N5O3. The van der Waals surface area contributed by atoms with Crippen molar-refractivity contribution in [2.45, 2.75) is 0 Å². The van der Waals surface area contributed by atoms with Crippen LogP contribution in [-0.4, -0.2) is 31.6 Å². The summed E-state index contributed by atoms with van der Waals surface area (Å²) in [4.78, 5) is 40.7. The minimum absolute atomic E-state index is 0.0323. The van der Waals surface area contributed by atoms with E-state index in [-0.39, 0.29) is 11.6 Å². The van der Waals surface area contributed by atoms with Crippen LogP contribution < -0.4 is 10.9 Å². The number of aromatic nitrogens is 4. The van der Waals surface area contributed by atoms with Gasteiger partial charge >= 0.3 is 0 Å². The van der Waals surface area contributed by atoms with E-state index in [0.717, 1.165) is 0 Å². The van der Waals surface area contributed by atoms with Crippen LogP contribution in [0.15, 0.2) is 71.8 Å². The molecule has 0 aliphatic heterocycles. The van der Waals surface area contributed by atoms with Crippen molar-refractivity contribution in [3.63, 3.8) is 0 Å². The number of nitrogens with zero attached hydrogens (tertiary/aromatic N) is 3. The van der Waals surface area contributed by atoms with Gasteiger partial charge in [0.2, 0.25) is 0 Å². The monoisotopic (exact) mass is 359 g/mol. The number of H-pyrrole nitrogens is 1. The third kappa shape index (κ3) is 3.11. The van der Waals surface area contributed by atoms with Gasteiger partial charge in [0, 0.05) is 6.07 Å². The van der Waals surface area contributed by atoms with Gasteiger partial charge < -0.3 is 5.32 Å². The van der Waals surface area contributed by atoms with E-state index in [1.165, 1.54) is 23.0 Å². The molecule has 8 heteroatoms. The fourth-order valence-corrected chi connectivity index (χ4v) is 2.69. The second-order valence-electron chi connectivity index (χ2n) is 5.71. The molecule has 0 saturated heterocycles. The number of hydrogen-bond acceptors (Lipinski definition) is 5. The molecule has 0 atom stereocenters. The average molecular weight is 359 g/mol. The molecule has 0 radical (unpaired) electrons. The molecule has 0 spiro atoms. The van der Waals surface area contributed by atoms with Crippen molar-refractivity contribution in [3.8, 4) is 0 Å². The van der Waals surface area contributed by atoms with Crippen LogP contribution in [0, 0.1) is 0 Å². The lowest BCUT2D eigenvalue weighted by molar-refractivity contribution is 0.0965. The largest absolute Gasteiger partial charge is 0.320 e. The number of benzene rings is 2. The highest BCUT2D eigenvalue weighted by Gasteiger charge is 2.18. The molecule has 0 fully saturated rings. The van der Waals surface area contributed by atoms with Crippen molar-refractivity contribution >= 4 is 28.5 Å². The molecule has 1 amide bonds. The van der Waals surface area contributed by atoms with E-state index < -0.39 is 11.5 Å². The maximum absolute atomic E-state index is 13.0. The number of carbonyl (C=O) groups is 2. The van der Waals surface area contributed by atoms with Gasteiger partial charge in [-0.3, -0.25) is 19.0 Å². The Balaban J connectivity index is 1.68. The van der Waals surface area contributed by atoms with E-state index >= 15 is 0 Å². The van der Waals surface area contributed by atoms with Gasteiger partial charge in [0.05, 0.1) is 22.3 Å². The molecule has 132 valence electrons. The minimum atomic E-state index is -0.540. The number of aromatic amines is 1. The minimum Gasteiger partial charge on any atom is -0.320 e. The zero-order valence-electron chi connectivity index (χ0n) is 13.9. The maximum Gasteiger partial charge on any atom is 0.276 e. The van der Waals surface area contributed by atoms with Crippen LogP contribution >= 0.6 is 0 Å². The summed E-state index contributed by atoms with van der Waals surface area (Å²) in [5.74, 6) is -0.865. The summed E-state index contributed by atoms with van der Waals surface area (Å²) in [7, 11) is 0. The Bertz CT molecular complexity index is 1200. The lowest BCUT2D eigenvalue weighted by Crippen LogP contribution is -2.20. The number of para-hydroxylation sites is 3. The number of imidazole rings is 1. The normalized spacial score (nSPS) is 10.7. The summed E-state index contributed by atoms with van der Waals surface area (Å²) in [6.45, 7) is 0. The highest BCUT2D eigenvalue weighted by Crippen LogP contribution is 2.20. The van der Waals surface area contributed by atoms with E-state index in [0.29, 0.717) is 22.3 Å². The third-order valence-electron chi connectivity index (χ3n) is 3.99. The van der Waals surface area contributed by atoms with Crippen LogP contribution in [0.3, 0.4) is 0 Å². The summed E-state index contributed by atoms with van der Waals surface area (Å²) >= 11 is 0. The molecule has 27 heavy (non-hydrogen) atoms. The first-order valence-corrected chi connectivity index (χ1v) is 8.06. The van der Waals surface area contributed by atoms with E-state index in [1.54, 1.807) is 30.3 Å². The van der Waals surface area contributed by atoms with Crippen molar-refractivity contribution in [2.24, 2.45) is 0 Å². The maximum atomic E-state index is 13.0. The van der Waals surface area contributed by atoms with Gasteiger partial charge in [0.1, 0.15) is 12.0 Å². The molecule has 2 heterocycles. The number of amides is 1. The molecule has 2 N–H and O–H groups in total. The Kier molecular flexibility index (Phi) is 4.06. The fraction of sp³-hybridized carbons (Fsp3) is 0. The third-order valence-corrected chi connectivity index (χ3v) is 3.99. The molecular weight excluding hydrogens is 346 g/mol. The van der Waals surface area contributed by atoms with Gasteiger partial charge in [-0.2, -0.15) is 5.10 Å². The summed E-state index contributed by atoms with van der Waals surface area (Å²) in [6, 6.07) is 16.4. The Morgan fingerprint density at radius 3 is 2.56 bits per heavy atom. The van der Waals surface area contributed by atoms with Gasteiger partial charge in [0.25, 0.3) is 17.4 Å². The second-order valence-corrected chi connectivity index (χ2v) is 5.71. The lowest BCUT2D eigenvalue weighted by Gasteiger charge is -2.10. The van der Waals surface area contributed by atoms with Gasteiger partial charge in [-0.25, -0.2) is 10.1 Å². The quantitative estimate of drug-likeness (QED) is 0.582. The SMILES string of the molecule is O=C(Nc1ccccc1C(=O)n1cnc2ccccc21)c1ccc(=O)[nH]n1. The fourth-order valence-electron chi connectivity index (χ4n) is 2.69. The number of hydrogen-bond donors (Lipinski definition) is 2. The zero-order valence-corrected chi connectivity index (χ0v) is 13.9. The van der Waals surface area contributed by atoms with Crippen LogP contribution in [0.2, 0.25) is 0 Å². The van der Waals surface area contributed by atoms with Crippen LogP contribution in [0.25, 0.3) is 11.0 Å². The van der Waals surface area contributed by atoms with Crippen molar-refractivity contribution < 1.29 is 9.59 Å². The van der Waals surface area contributed by atoms with Crippen LogP contribution in [0.4, 0.5) is 5.69 Å². The summed E-state index contributed by atoms with van der Waals surface area (Å²) in [6.07, 6.45) is 1.45. The Hall–Kier alpha value is -4.07. The molecule has 0 bridgehead atoms. The Morgan fingerprint density at radius 2 is 1.74 bits per heavy atom. The van der Waals surface area contributed by atoms with Gasteiger partial charge in [-0.1, -0.05) is 24.3 Å². The van der Waals surface area contributed by atoms with Crippen LogP contribution in [-0.2, 0) is 0 Å².